The molecule has 3 nitrogen and oxygen atoms in total. The standard InChI is InChI=1S/C12H24N2O/c1-9(13)11(15)14-7-5-10(6-8-14)12(2,3)4/h9-10H,5-8,13H2,1-4H3/t9-/m0/s1. The molecule has 1 fully saturated rings. The zero-order chi connectivity index (χ0) is 11.6. The lowest BCUT2D eigenvalue weighted by Gasteiger charge is -2.39. The van der Waals surface area contributed by atoms with E-state index in [2.05, 4.69) is 20.8 Å². The molecule has 0 saturated carbocycles. The number of rotatable bonds is 1. The molecule has 88 valence electrons. The zero-order valence-corrected chi connectivity index (χ0v) is 10.4. The van der Waals surface area contributed by atoms with Crippen molar-refractivity contribution in [1.82, 2.24) is 4.90 Å². The first-order chi connectivity index (χ1) is 6.82. The van der Waals surface area contributed by atoms with E-state index in [0.29, 0.717) is 5.41 Å². The van der Waals surface area contributed by atoms with E-state index in [-0.39, 0.29) is 11.9 Å². The highest BCUT2D eigenvalue weighted by atomic mass is 16.2. The minimum Gasteiger partial charge on any atom is -0.341 e. The van der Waals surface area contributed by atoms with E-state index in [1.807, 2.05) is 4.90 Å². The normalized spacial score (nSPS) is 21.5. The molecule has 0 radical (unpaired) electrons. The van der Waals surface area contributed by atoms with Crippen LogP contribution in [0.25, 0.3) is 0 Å². The summed E-state index contributed by atoms with van der Waals surface area (Å²) >= 11 is 0. The highest BCUT2D eigenvalue weighted by Gasteiger charge is 2.30. The maximum absolute atomic E-state index is 11.7. The van der Waals surface area contributed by atoms with Crippen molar-refractivity contribution < 1.29 is 4.79 Å². The van der Waals surface area contributed by atoms with E-state index < -0.39 is 0 Å². The van der Waals surface area contributed by atoms with Crippen molar-refractivity contribution in [2.24, 2.45) is 17.1 Å². The van der Waals surface area contributed by atoms with E-state index in [4.69, 9.17) is 5.73 Å². The van der Waals surface area contributed by atoms with Gasteiger partial charge in [-0.25, -0.2) is 0 Å². The molecule has 0 spiro atoms. The Bertz CT molecular complexity index is 222. The number of nitrogens with two attached hydrogens (primary N) is 1. The second-order valence-electron chi connectivity index (χ2n) is 5.75. The van der Waals surface area contributed by atoms with E-state index in [0.717, 1.165) is 31.8 Å². The van der Waals surface area contributed by atoms with Crippen LogP contribution >= 0.6 is 0 Å². The number of amides is 1. The van der Waals surface area contributed by atoms with E-state index in [9.17, 15) is 4.79 Å². The zero-order valence-electron chi connectivity index (χ0n) is 10.4. The van der Waals surface area contributed by atoms with Crippen LogP contribution in [-0.4, -0.2) is 29.9 Å². The van der Waals surface area contributed by atoms with Crippen molar-refractivity contribution in [2.45, 2.75) is 46.6 Å². The maximum Gasteiger partial charge on any atom is 0.239 e. The molecule has 1 aliphatic rings. The van der Waals surface area contributed by atoms with Gasteiger partial charge in [-0.05, 0) is 31.1 Å². The Labute approximate surface area is 93.0 Å². The van der Waals surface area contributed by atoms with Crippen molar-refractivity contribution >= 4 is 5.91 Å². The summed E-state index contributed by atoms with van der Waals surface area (Å²) in [7, 11) is 0. The van der Waals surface area contributed by atoms with Gasteiger partial charge in [-0.2, -0.15) is 0 Å². The van der Waals surface area contributed by atoms with Gasteiger partial charge in [0.2, 0.25) is 5.91 Å². The summed E-state index contributed by atoms with van der Waals surface area (Å²) in [5, 5.41) is 0. The van der Waals surface area contributed by atoms with Gasteiger partial charge in [-0.15, -0.1) is 0 Å². The van der Waals surface area contributed by atoms with Gasteiger partial charge in [-0.1, -0.05) is 20.8 Å². The van der Waals surface area contributed by atoms with Gasteiger partial charge in [-0.3, -0.25) is 4.79 Å². The Morgan fingerprint density at radius 3 is 2.13 bits per heavy atom. The summed E-state index contributed by atoms with van der Waals surface area (Å²) in [6.07, 6.45) is 2.23. The van der Waals surface area contributed by atoms with Crippen LogP contribution in [0.4, 0.5) is 0 Å². The van der Waals surface area contributed by atoms with Crippen LogP contribution < -0.4 is 5.73 Å². The monoisotopic (exact) mass is 212 g/mol. The molecule has 0 bridgehead atoms. The first-order valence-electron chi connectivity index (χ1n) is 5.86. The number of nitrogens with zero attached hydrogens (tertiary/aromatic N) is 1. The fraction of sp³-hybridized carbons (Fsp3) is 0.917. The predicted octanol–water partition coefficient (Wildman–Crippen LogP) is 1.62. The van der Waals surface area contributed by atoms with Gasteiger partial charge < -0.3 is 10.6 Å². The molecule has 0 aromatic heterocycles. The molecule has 2 N–H and O–H groups in total. The first kappa shape index (κ1) is 12.5. The van der Waals surface area contributed by atoms with Gasteiger partial charge >= 0.3 is 0 Å². The highest BCUT2D eigenvalue weighted by molar-refractivity contribution is 5.81. The van der Waals surface area contributed by atoms with Gasteiger partial charge in [0.05, 0.1) is 6.04 Å². The van der Waals surface area contributed by atoms with Crippen molar-refractivity contribution in [3.05, 3.63) is 0 Å². The third kappa shape index (κ3) is 3.20. The van der Waals surface area contributed by atoms with Crippen LogP contribution in [0, 0.1) is 11.3 Å². The SMILES string of the molecule is C[C@H](N)C(=O)N1CCC(C(C)(C)C)CC1. The third-order valence-electron chi connectivity index (χ3n) is 3.42. The Hall–Kier alpha value is -0.570. The second-order valence-corrected chi connectivity index (χ2v) is 5.75. The van der Waals surface area contributed by atoms with Crippen molar-refractivity contribution in [2.75, 3.05) is 13.1 Å². The Balaban J connectivity index is 2.46. The molecule has 1 amide bonds. The Morgan fingerprint density at radius 2 is 1.80 bits per heavy atom. The molecule has 1 rings (SSSR count). The molecule has 1 saturated heterocycles. The van der Waals surface area contributed by atoms with Gasteiger partial charge in [0, 0.05) is 13.1 Å². The summed E-state index contributed by atoms with van der Waals surface area (Å²) in [5.41, 5.74) is 5.96. The van der Waals surface area contributed by atoms with Crippen LogP contribution in [0.3, 0.4) is 0 Å². The highest BCUT2D eigenvalue weighted by Crippen LogP contribution is 2.34. The fourth-order valence-corrected chi connectivity index (χ4v) is 2.25. The number of carbonyl (C=O) groups excluding carboxylic acids is 1. The number of carbonyl (C=O) groups is 1. The summed E-state index contributed by atoms with van der Waals surface area (Å²) in [4.78, 5) is 13.6. The number of hydrogen-bond acceptors (Lipinski definition) is 2. The van der Waals surface area contributed by atoms with Crippen molar-refractivity contribution in [3.8, 4) is 0 Å². The smallest absolute Gasteiger partial charge is 0.239 e. The first-order valence-corrected chi connectivity index (χ1v) is 5.86. The molecule has 1 aliphatic heterocycles. The summed E-state index contributed by atoms with van der Waals surface area (Å²) in [6, 6.07) is -0.351. The minimum absolute atomic E-state index is 0.0994. The third-order valence-corrected chi connectivity index (χ3v) is 3.42. The van der Waals surface area contributed by atoms with Gasteiger partial charge in [0.25, 0.3) is 0 Å². The van der Waals surface area contributed by atoms with E-state index in [1.165, 1.54) is 0 Å². The average Bonchev–Trinajstić information content (AvgIpc) is 2.15. The second kappa shape index (κ2) is 4.52. The van der Waals surface area contributed by atoms with Gasteiger partial charge in [0.1, 0.15) is 0 Å². The maximum atomic E-state index is 11.7. The van der Waals surface area contributed by atoms with Crippen LogP contribution in [0.15, 0.2) is 0 Å². The number of hydrogen-bond donors (Lipinski definition) is 1. The number of piperidine rings is 1. The topological polar surface area (TPSA) is 46.3 Å². The molecule has 0 aromatic rings. The molecule has 0 unspecified atom stereocenters. The Kier molecular flexibility index (Phi) is 3.77. The molecule has 3 heteroatoms. The molecule has 15 heavy (non-hydrogen) atoms. The quantitative estimate of drug-likeness (QED) is 0.718. The summed E-state index contributed by atoms with van der Waals surface area (Å²) in [5.74, 6) is 0.831. The molecular weight excluding hydrogens is 188 g/mol. The minimum atomic E-state index is -0.351. The summed E-state index contributed by atoms with van der Waals surface area (Å²) < 4.78 is 0. The molecule has 1 atom stereocenters. The number of likely N-dealkylation sites (tertiary alicyclic amines) is 1. The average molecular weight is 212 g/mol. The molecular formula is C12H24N2O. The van der Waals surface area contributed by atoms with Gasteiger partial charge in [0.15, 0.2) is 0 Å². The largest absolute Gasteiger partial charge is 0.341 e. The predicted molar refractivity (Wildman–Crippen MR) is 62.4 cm³/mol. The summed E-state index contributed by atoms with van der Waals surface area (Å²) in [6.45, 7) is 10.4. The lowest BCUT2D eigenvalue weighted by molar-refractivity contribution is -0.134. The van der Waals surface area contributed by atoms with Crippen LogP contribution in [0.2, 0.25) is 0 Å². The molecule has 1 heterocycles. The fourth-order valence-electron chi connectivity index (χ4n) is 2.25. The van der Waals surface area contributed by atoms with Crippen molar-refractivity contribution in [1.29, 1.82) is 0 Å². The molecule has 0 aromatic carbocycles. The van der Waals surface area contributed by atoms with Crippen LogP contribution in [-0.2, 0) is 4.79 Å². The van der Waals surface area contributed by atoms with Crippen LogP contribution in [0.1, 0.15) is 40.5 Å². The van der Waals surface area contributed by atoms with Crippen LogP contribution in [0.5, 0.6) is 0 Å². The van der Waals surface area contributed by atoms with E-state index in [1.54, 1.807) is 6.92 Å². The Morgan fingerprint density at radius 1 is 1.33 bits per heavy atom. The molecule has 0 aliphatic carbocycles. The lowest BCUT2D eigenvalue weighted by atomic mass is 9.75. The van der Waals surface area contributed by atoms with E-state index >= 15 is 0 Å². The lowest BCUT2D eigenvalue weighted by Crippen LogP contribution is -2.47. The van der Waals surface area contributed by atoms with Crippen molar-refractivity contribution in [3.63, 3.8) is 0 Å².